The molecule has 0 aromatic heterocycles. The molecule has 3 aromatic rings. The van der Waals surface area contributed by atoms with E-state index in [9.17, 15) is 20.0 Å². The summed E-state index contributed by atoms with van der Waals surface area (Å²) >= 11 is 2.10. The van der Waals surface area contributed by atoms with Crippen LogP contribution in [-0.2, 0) is 11.4 Å². The predicted octanol–water partition coefficient (Wildman–Crippen LogP) is 5.12. The molecule has 2 N–H and O–H groups in total. The Kier molecular flexibility index (Phi) is 8.05. The van der Waals surface area contributed by atoms with Crippen molar-refractivity contribution >= 4 is 46.2 Å². The molecule has 7 nitrogen and oxygen atoms in total. The molecule has 0 atom stereocenters. The standard InChI is InChI=1S/C25H19IN2O5/c1-32-22-13-17(12-20(26)23(22)33-15-16-7-3-2-4-8-16)11-18(14-27)24(29)28-21-10-6-5-9-19(21)25(30)31/h2-13H,15H2,1H3,(H,28,29)(H,30,31)/b18-11+. The summed E-state index contributed by atoms with van der Waals surface area (Å²) in [6.07, 6.45) is 1.41. The molecular formula is C25H19IN2O5. The number of carboxylic acids is 1. The number of anilines is 1. The number of amides is 1. The van der Waals surface area contributed by atoms with E-state index in [1.54, 1.807) is 24.3 Å². The van der Waals surface area contributed by atoms with Crippen LogP contribution in [0.1, 0.15) is 21.5 Å². The molecule has 1 amide bonds. The average molecular weight is 554 g/mol. The first kappa shape index (κ1) is 23.8. The second-order valence-corrected chi connectivity index (χ2v) is 7.95. The Balaban J connectivity index is 1.84. The molecule has 0 radical (unpaired) electrons. The molecule has 0 heterocycles. The van der Waals surface area contributed by atoms with Gasteiger partial charge in [0.05, 0.1) is 21.9 Å². The van der Waals surface area contributed by atoms with E-state index in [4.69, 9.17) is 9.47 Å². The average Bonchev–Trinajstić information content (AvgIpc) is 2.82. The van der Waals surface area contributed by atoms with Crippen LogP contribution in [0.25, 0.3) is 6.08 Å². The third kappa shape index (κ3) is 6.11. The summed E-state index contributed by atoms with van der Waals surface area (Å²) in [5, 5.41) is 21.3. The fourth-order valence-electron chi connectivity index (χ4n) is 2.98. The van der Waals surface area contributed by atoms with E-state index in [0.717, 1.165) is 9.13 Å². The van der Waals surface area contributed by atoms with Crippen molar-refractivity contribution in [2.45, 2.75) is 6.61 Å². The summed E-state index contributed by atoms with van der Waals surface area (Å²) in [6.45, 7) is 0.358. The number of carbonyl (C=O) groups excluding carboxylic acids is 1. The molecule has 0 aliphatic rings. The van der Waals surface area contributed by atoms with Crippen molar-refractivity contribution in [2.75, 3.05) is 12.4 Å². The lowest BCUT2D eigenvalue weighted by atomic mass is 10.1. The number of rotatable bonds is 8. The third-order valence-corrected chi connectivity index (χ3v) is 5.36. The zero-order valence-electron chi connectivity index (χ0n) is 17.5. The quantitative estimate of drug-likeness (QED) is 0.227. The number of hydrogen-bond donors (Lipinski definition) is 2. The first-order valence-corrected chi connectivity index (χ1v) is 10.8. The van der Waals surface area contributed by atoms with Gasteiger partial charge in [-0.25, -0.2) is 4.79 Å². The highest BCUT2D eigenvalue weighted by atomic mass is 127. The maximum atomic E-state index is 12.6. The molecule has 0 spiro atoms. The van der Waals surface area contributed by atoms with Gasteiger partial charge in [0.25, 0.3) is 5.91 Å². The van der Waals surface area contributed by atoms with Crippen LogP contribution < -0.4 is 14.8 Å². The lowest BCUT2D eigenvalue weighted by Gasteiger charge is -2.14. The molecule has 3 aromatic carbocycles. The Morgan fingerprint density at radius 2 is 1.82 bits per heavy atom. The monoisotopic (exact) mass is 554 g/mol. The van der Waals surface area contributed by atoms with Crippen molar-refractivity contribution in [2.24, 2.45) is 0 Å². The Morgan fingerprint density at radius 3 is 2.48 bits per heavy atom. The normalized spacial score (nSPS) is 10.8. The molecule has 0 aliphatic heterocycles. The Labute approximate surface area is 204 Å². The van der Waals surface area contributed by atoms with Gasteiger partial charge >= 0.3 is 5.97 Å². The van der Waals surface area contributed by atoms with Crippen LogP contribution in [0.15, 0.2) is 72.3 Å². The van der Waals surface area contributed by atoms with Gasteiger partial charge < -0.3 is 19.9 Å². The second kappa shape index (κ2) is 11.2. The van der Waals surface area contributed by atoms with Gasteiger partial charge in [0.2, 0.25) is 0 Å². The molecule has 0 saturated carbocycles. The Morgan fingerprint density at radius 1 is 1.12 bits per heavy atom. The summed E-state index contributed by atoms with van der Waals surface area (Å²) in [5.74, 6) is -0.890. The number of nitriles is 1. The van der Waals surface area contributed by atoms with Crippen molar-refractivity contribution < 1.29 is 24.2 Å². The van der Waals surface area contributed by atoms with Crippen LogP contribution >= 0.6 is 22.6 Å². The van der Waals surface area contributed by atoms with Crippen LogP contribution in [0.3, 0.4) is 0 Å². The van der Waals surface area contributed by atoms with Crippen molar-refractivity contribution in [3.63, 3.8) is 0 Å². The van der Waals surface area contributed by atoms with E-state index in [-0.39, 0.29) is 16.8 Å². The highest BCUT2D eigenvalue weighted by molar-refractivity contribution is 14.1. The number of halogens is 1. The molecule has 166 valence electrons. The number of aromatic carboxylic acids is 1. The fourth-order valence-corrected chi connectivity index (χ4v) is 3.76. The number of carbonyl (C=O) groups is 2. The predicted molar refractivity (Wildman–Crippen MR) is 132 cm³/mol. The van der Waals surface area contributed by atoms with Crippen molar-refractivity contribution in [1.29, 1.82) is 5.26 Å². The van der Waals surface area contributed by atoms with Gasteiger partial charge in [-0.05, 0) is 64.1 Å². The molecule has 3 rings (SSSR count). The maximum Gasteiger partial charge on any atom is 0.337 e. The first-order valence-electron chi connectivity index (χ1n) is 9.72. The number of hydrogen-bond acceptors (Lipinski definition) is 5. The fraction of sp³-hybridized carbons (Fsp3) is 0.0800. The number of methoxy groups -OCH3 is 1. The smallest absolute Gasteiger partial charge is 0.337 e. The van der Waals surface area contributed by atoms with Gasteiger partial charge in [0, 0.05) is 0 Å². The van der Waals surface area contributed by atoms with Crippen LogP contribution in [-0.4, -0.2) is 24.1 Å². The zero-order valence-corrected chi connectivity index (χ0v) is 19.7. The van der Waals surface area contributed by atoms with E-state index < -0.39 is 11.9 Å². The van der Waals surface area contributed by atoms with E-state index >= 15 is 0 Å². The van der Waals surface area contributed by atoms with Gasteiger partial charge in [-0.1, -0.05) is 42.5 Å². The van der Waals surface area contributed by atoms with E-state index in [0.29, 0.717) is 23.7 Å². The van der Waals surface area contributed by atoms with Crippen LogP contribution in [0.2, 0.25) is 0 Å². The summed E-state index contributed by atoms with van der Waals surface area (Å²) in [7, 11) is 1.51. The highest BCUT2D eigenvalue weighted by Crippen LogP contribution is 2.35. The number of carboxylic acid groups (broad SMARTS) is 1. The molecule has 8 heteroatoms. The SMILES string of the molecule is COc1cc(/C=C(\C#N)C(=O)Nc2ccccc2C(=O)O)cc(I)c1OCc1ccccc1. The second-order valence-electron chi connectivity index (χ2n) is 6.78. The van der Waals surface area contributed by atoms with Crippen molar-refractivity contribution in [3.05, 3.63) is 92.6 Å². The molecule has 0 bridgehead atoms. The summed E-state index contributed by atoms with van der Waals surface area (Å²) in [4.78, 5) is 24.0. The molecule has 33 heavy (non-hydrogen) atoms. The third-order valence-electron chi connectivity index (χ3n) is 4.56. The van der Waals surface area contributed by atoms with Gasteiger partial charge in [-0.3, -0.25) is 4.79 Å². The summed E-state index contributed by atoms with van der Waals surface area (Å²) in [6, 6.07) is 21.0. The van der Waals surface area contributed by atoms with Crippen LogP contribution in [0.5, 0.6) is 11.5 Å². The van der Waals surface area contributed by atoms with Crippen molar-refractivity contribution in [1.82, 2.24) is 0 Å². The Hall–Kier alpha value is -3.84. The molecular weight excluding hydrogens is 535 g/mol. The number of ether oxygens (including phenoxy) is 2. The number of nitrogens with one attached hydrogen (secondary N) is 1. The van der Waals surface area contributed by atoms with Gasteiger partial charge in [-0.15, -0.1) is 0 Å². The summed E-state index contributed by atoms with van der Waals surface area (Å²) in [5.41, 5.74) is 1.41. The van der Waals surface area contributed by atoms with Crippen LogP contribution in [0, 0.1) is 14.9 Å². The van der Waals surface area contributed by atoms with Gasteiger partial charge in [-0.2, -0.15) is 5.26 Å². The number of para-hydroxylation sites is 1. The Bertz CT molecular complexity index is 1250. The molecule has 0 aliphatic carbocycles. The maximum absolute atomic E-state index is 12.6. The molecule has 0 fully saturated rings. The molecule has 0 unspecified atom stereocenters. The first-order chi connectivity index (χ1) is 15.9. The minimum Gasteiger partial charge on any atom is -0.493 e. The largest absolute Gasteiger partial charge is 0.493 e. The summed E-state index contributed by atoms with van der Waals surface area (Å²) < 4.78 is 12.1. The highest BCUT2D eigenvalue weighted by Gasteiger charge is 2.16. The topological polar surface area (TPSA) is 109 Å². The van der Waals surface area contributed by atoms with Gasteiger partial charge in [0.1, 0.15) is 18.2 Å². The van der Waals surface area contributed by atoms with E-state index in [1.807, 2.05) is 36.4 Å². The number of benzene rings is 3. The lowest BCUT2D eigenvalue weighted by Crippen LogP contribution is -2.16. The van der Waals surface area contributed by atoms with E-state index in [2.05, 4.69) is 27.9 Å². The van der Waals surface area contributed by atoms with Crippen molar-refractivity contribution in [3.8, 4) is 17.6 Å². The minimum absolute atomic E-state index is 0.0701. The van der Waals surface area contributed by atoms with Gasteiger partial charge in [0.15, 0.2) is 11.5 Å². The van der Waals surface area contributed by atoms with Crippen LogP contribution in [0.4, 0.5) is 5.69 Å². The molecule has 0 saturated heterocycles. The van der Waals surface area contributed by atoms with E-state index in [1.165, 1.54) is 25.3 Å². The number of nitrogens with zero attached hydrogens (tertiary/aromatic N) is 1. The lowest BCUT2D eigenvalue weighted by molar-refractivity contribution is -0.112. The minimum atomic E-state index is -1.18. The zero-order chi connectivity index (χ0) is 23.8.